The first kappa shape index (κ1) is 17.4. The van der Waals surface area contributed by atoms with E-state index >= 15 is 0 Å². The number of ether oxygens (including phenoxy) is 2. The fraction of sp³-hybridized carbons (Fsp3) is 0.615. The minimum atomic E-state index is -0.779. The van der Waals surface area contributed by atoms with Crippen LogP contribution in [0.25, 0.3) is 0 Å². The van der Waals surface area contributed by atoms with Crippen LogP contribution < -0.4 is 5.56 Å². The normalized spacial score (nSPS) is 11.3. The topological polar surface area (TPSA) is 90.4 Å². The summed E-state index contributed by atoms with van der Waals surface area (Å²) in [5, 5.41) is 2.65. The first-order valence-corrected chi connectivity index (χ1v) is 7.47. The van der Waals surface area contributed by atoms with Crippen molar-refractivity contribution < 1.29 is 19.1 Å². The molecule has 0 aromatic carbocycles. The number of H-pyrrole nitrogens is 1. The van der Waals surface area contributed by atoms with Crippen LogP contribution in [0.2, 0.25) is 0 Å². The Bertz CT molecular complexity index is 582. The summed E-state index contributed by atoms with van der Waals surface area (Å²) >= 11 is 1.03. The molecule has 0 radical (unpaired) electrons. The molecular weight excluding hydrogens is 296 g/mol. The van der Waals surface area contributed by atoms with Crippen molar-refractivity contribution in [3.63, 3.8) is 0 Å². The van der Waals surface area contributed by atoms with Crippen LogP contribution in [0.5, 0.6) is 0 Å². The highest BCUT2D eigenvalue weighted by Crippen LogP contribution is 2.17. The molecule has 1 aromatic heterocycles. The van der Waals surface area contributed by atoms with E-state index in [1.165, 1.54) is 0 Å². The maximum absolute atomic E-state index is 12.1. The number of carbonyl (C=O) groups is 2. The largest absolute Gasteiger partial charge is 0.465 e. The van der Waals surface area contributed by atoms with E-state index in [1.807, 2.05) is 0 Å². The molecule has 0 unspecified atom stereocenters. The number of hydrogen-bond acceptors (Lipinski definition) is 6. The molecule has 0 amide bonds. The fourth-order valence-corrected chi connectivity index (χ4v) is 2.29. The van der Waals surface area contributed by atoms with Gasteiger partial charge in [-0.2, -0.15) is 0 Å². The summed E-state index contributed by atoms with van der Waals surface area (Å²) in [6.45, 7) is 8.77. The molecule has 1 N–H and O–H groups in total. The smallest absolute Gasteiger partial charge is 0.436 e. The van der Waals surface area contributed by atoms with Gasteiger partial charge in [0.1, 0.15) is 5.60 Å². The summed E-state index contributed by atoms with van der Waals surface area (Å²) in [6, 6.07) is 0. The minimum absolute atomic E-state index is 0.0100. The summed E-state index contributed by atoms with van der Waals surface area (Å²) in [5.74, 6) is -0.401. The van der Waals surface area contributed by atoms with Crippen molar-refractivity contribution in [1.82, 2.24) is 9.78 Å². The van der Waals surface area contributed by atoms with Crippen molar-refractivity contribution in [2.24, 2.45) is 0 Å². The highest BCUT2D eigenvalue weighted by Gasteiger charge is 2.23. The molecule has 0 aliphatic heterocycles. The second-order valence-corrected chi connectivity index (χ2v) is 6.27. The monoisotopic (exact) mass is 316 g/mol. The molecular formula is C13H20N2O5S. The first-order valence-electron chi connectivity index (χ1n) is 6.49. The second kappa shape index (κ2) is 6.84. The molecule has 0 saturated heterocycles. The zero-order chi connectivity index (χ0) is 16.2. The second-order valence-electron chi connectivity index (χ2n) is 5.28. The van der Waals surface area contributed by atoms with E-state index in [9.17, 15) is 14.4 Å². The van der Waals surface area contributed by atoms with Crippen LogP contribution in [-0.4, -0.2) is 39.8 Å². The molecule has 0 atom stereocenters. The van der Waals surface area contributed by atoms with Gasteiger partial charge in [0.25, 0.3) is 5.56 Å². The summed E-state index contributed by atoms with van der Waals surface area (Å²) in [5.41, 5.74) is -0.732. The molecule has 1 aromatic rings. The molecule has 8 heteroatoms. The molecule has 118 valence electrons. The van der Waals surface area contributed by atoms with Gasteiger partial charge in [-0.15, -0.1) is 16.4 Å². The summed E-state index contributed by atoms with van der Waals surface area (Å²) in [7, 11) is 0. The van der Waals surface area contributed by atoms with E-state index in [4.69, 9.17) is 9.47 Å². The molecule has 0 saturated carbocycles. The first-order chi connectivity index (χ1) is 9.65. The maximum Gasteiger partial charge on any atom is 0.436 e. The lowest BCUT2D eigenvalue weighted by atomic mass is 10.2. The molecule has 0 fully saturated rings. The van der Waals surface area contributed by atoms with Crippen molar-refractivity contribution in [3.8, 4) is 0 Å². The Hall–Kier alpha value is -1.70. The third kappa shape index (κ3) is 4.96. The highest BCUT2D eigenvalue weighted by molar-refractivity contribution is 8.00. The van der Waals surface area contributed by atoms with Crippen LogP contribution in [0.1, 0.15) is 33.4 Å². The van der Waals surface area contributed by atoms with Gasteiger partial charge < -0.3 is 9.47 Å². The van der Waals surface area contributed by atoms with Crippen molar-refractivity contribution in [1.29, 1.82) is 0 Å². The van der Waals surface area contributed by atoms with Crippen molar-refractivity contribution in [2.75, 3.05) is 12.4 Å². The van der Waals surface area contributed by atoms with Gasteiger partial charge in [-0.3, -0.25) is 14.7 Å². The summed E-state index contributed by atoms with van der Waals surface area (Å²) in [6.07, 6.45) is -0.779. The Morgan fingerprint density at radius 1 is 1.33 bits per heavy atom. The number of nitrogens with zero attached hydrogens (tertiary/aromatic N) is 1. The number of esters is 1. The standard InChI is InChI=1S/C13H20N2O5S/c1-6-19-9(16)7-21-10-8(2)14-15(11(10)17)12(18)20-13(3,4)5/h14H,6-7H2,1-5H3. The van der Waals surface area contributed by atoms with Gasteiger partial charge in [0.2, 0.25) is 0 Å². The highest BCUT2D eigenvalue weighted by atomic mass is 32.2. The van der Waals surface area contributed by atoms with Crippen LogP contribution in [0.3, 0.4) is 0 Å². The van der Waals surface area contributed by atoms with Crippen LogP contribution in [0.4, 0.5) is 4.79 Å². The average molecular weight is 316 g/mol. The summed E-state index contributed by atoms with van der Waals surface area (Å²) < 4.78 is 10.7. The Kier molecular flexibility index (Phi) is 5.65. The molecule has 0 aliphatic carbocycles. The van der Waals surface area contributed by atoms with E-state index in [-0.39, 0.29) is 12.4 Å². The van der Waals surface area contributed by atoms with Gasteiger partial charge in [0.15, 0.2) is 0 Å². The molecule has 1 rings (SSSR count). The number of carbonyl (C=O) groups excluding carboxylic acids is 2. The number of aromatic amines is 1. The van der Waals surface area contributed by atoms with Gasteiger partial charge in [0, 0.05) is 5.69 Å². The van der Waals surface area contributed by atoms with Gasteiger partial charge in [-0.05, 0) is 34.6 Å². The lowest BCUT2D eigenvalue weighted by Crippen LogP contribution is -2.33. The number of rotatable bonds is 4. The van der Waals surface area contributed by atoms with Gasteiger partial charge in [-0.25, -0.2) is 4.79 Å². The molecule has 1 heterocycles. The Labute approximate surface area is 127 Å². The number of aromatic nitrogens is 2. The molecule has 21 heavy (non-hydrogen) atoms. The molecule has 0 spiro atoms. The van der Waals surface area contributed by atoms with Crippen LogP contribution in [0, 0.1) is 6.92 Å². The van der Waals surface area contributed by atoms with Crippen molar-refractivity contribution >= 4 is 23.8 Å². The van der Waals surface area contributed by atoms with E-state index in [0.29, 0.717) is 10.6 Å². The number of aryl methyl sites for hydroxylation is 1. The zero-order valence-electron chi connectivity index (χ0n) is 12.8. The number of hydrogen-bond donors (Lipinski definition) is 1. The van der Waals surface area contributed by atoms with E-state index in [0.717, 1.165) is 16.4 Å². The third-order valence-corrected chi connectivity index (χ3v) is 3.38. The quantitative estimate of drug-likeness (QED) is 0.674. The van der Waals surface area contributed by atoms with Gasteiger partial charge >= 0.3 is 12.1 Å². The Morgan fingerprint density at radius 2 is 1.95 bits per heavy atom. The molecule has 0 aliphatic rings. The number of thioether (sulfide) groups is 1. The molecule has 7 nitrogen and oxygen atoms in total. The minimum Gasteiger partial charge on any atom is -0.465 e. The van der Waals surface area contributed by atoms with Crippen LogP contribution in [-0.2, 0) is 14.3 Å². The lowest BCUT2D eigenvalue weighted by molar-refractivity contribution is -0.139. The van der Waals surface area contributed by atoms with E-state index in [2.05, 4.69) is 5.10 Å². The van der Waals surface area contributed by atoms with Gasteiger partial charge in [0.05, 0.1) is 17.3 Å². The van der Waals surface area contributed by atoms with Crippen LogP contribution >= 0.6 is 11.8 Å². The van der Waals surface area contributed by atoms with Crippen molar-refractivity contribution in [3.05, 3.63) is 16.0 Å². The Balaban J connectivity index is 2.88. The predicted octanol–water partition coefficient (Wildman–Crippen LogP) is 1.92. The number of nitrogens with one attached hydrogen (secondary N) is 1. The average Bonchev–Trinajstić information content (AvgIpc) is 2.61. The van der Waals surface area contributed by atoms with E-state index in [1.54, 1.807) is 34.6 Å². The lowest BCUT2D eigenvalue weighted by Gasteiger charge is -2.18. The SMILES string of the molecule is CCOC(=O)CSc1c(C)[nH]n(C(=O)OC(C)(C)C)c1=O. The zero-order valence-corrected chi connectivity index (χ0v) is 13.6. The maximum atomic E-state index is 12.1. The van der Waals surface area contributed by atoms with Crippen LogP contribution in [0.15, 0.2) is 9.69 Å². The summed E-state index contributed by atoms with van der Waals surface area (Å²) in [4.78, 5) is 35.7. The van der Waals surface area contributed by atoms with E-state index < -0.39 is 23.2 Å². The fourth-order valence-electron chi connectivity index (χ4n) is 1.47. The molecule has 0 bridgehead atoms. The van der Waals surface area contributed by atoms with Gasteiger partial charge in [-0.1, -0.05) is 0 Å². The third-order valence-electron chi connectivity index (χ3n) is 2.23. The Morgan fingerprint density at radius 3 is 2.48 bits per heavy atom. The van der Waals surface area contributed by atoms with Crippen molar-refractivity contribution in [2.45, 2.75) is 45.1 Å². The predicted molar refractivity (Wildman–Crippen MR) is 78.8 cm³/mol.